The van der Waals surface area contributed by atoms with E-state index >= 15 is 0 Å². The van der Waals surface area contributed by atoms with Crippen LogP contribution in [0.15, 0.2) is 53.5 Å². The molecule has 0 bridgehead atoms. The van der Waals surface area contributed by atoms with Crippen LogP contribution in [0.25, 0.3) is 5.65 Å². The minimum Gasteiger partial charge on any atom is -0.339 e. The molecule has 1 fully saturated rings. The molecule has 7 nitrogen and oxygen atoms in total. The quantitative estimate of drug-likeness (QED) is 0.673. The number of piperazine rings is 1. The van der Waals surface area contributed by atoms with E-state index in [1.54, 1.807) is 23.2 Å². The lowest BCUT2D eigenvalue weighted by molar-refractivity contribution is -0.134. The van der Waals surface area contributed by atoms with Gasteiger partial charge in [-0.2, -0.15) is 0 Å². The lowest BCUT2D eigenvalue weighted by Crippen LogP contribution is -2.50. The fourth-order valence-corrected chi connectivity index (χ4v) is 3.96. The van der Waals surface area contributed by atoms with E-state index < -0.39 is 0 Å². The number of benzene rings is 1. The van der Waals surface area contributed by atoms with Crippen molar-refractivity contribution in [3.05, 3.63) is 69.7 Å². The molecule has 0 aliphatic carbocycles. The summed E-state index contributed by atoms with van der Waals surface area (Å²) < 4.78 is 2.67. The molecule has 1 aliphatic heterocycles. The molecule has 4 rings (SSSR count). The van der Waals surface area contributed by atoms with Crippen molar-refractivity contribution in [3.8, 4) is 0 Å². The molecule has 1 atom stereocenters. The maximum Gasteiger partial charge on any atom is 0.350 e. The van der Waals surface area contributed by atoms with Crippen molar-refractivity contribution < 1.29 is 4.79 Å². The zero-order chi connectivity index (χ0) is 19.7. The van der Waals surface area contributed by atoms with Gasteiger partial charge in [0.25, 0.3) is 0 Å². The van der Waals surface area contributed by atoms with Crippen LogP contribution in [0.3, 0.4) is 0 Å². The van der Waals surface area contributed by atoms with Gasteiger partial charge in [0.15, 0.2) is 5.65 Å². The molecule has 146 valence electrons. The van der Waals surface area contributed by atoms with Crippen LogP contribution in [-0.2, 0) is 11.3 Å². The fraction of sp³-hybridized carbons (Fsp3) is 0.350. The second-order valence-corrected chi connectivity index (χ2v) is 7.39. The Bertz CT molecular complexity index is 1050. The van der Waals surface area contributed by atoms with Gasteiger partial charge in [0.05, 0.1) is 0 Å². The number of aromatic nitrogens is 3. The maximum absolute atomic E-state index is 12.7. The zero-order valence-electron chi connectivity index (χ0n) is 15.7. The van der Waals surface area contributed by atoms with Crippen LogP contribution in [0.1, 0.15) is 18.5 Å². The van der Waals surface area contributed by atoms with Crippen molar-refractivity contribution >= 4 is 23.2 Å². The summed E-state index contributed by atoms with van der Waals surface area (Å²) in [6, 6.07) is 13.4. The van der Waals surface area contributed by atoms with Crippen LogP contribution in [0.5, 0.6) is 0 Å². The van der Waals surface area contributed by atoms with Gasteiger partial charge < -0.3 is 4.90 Å². The Morgan fingerprint density at radius 2 is 1.82 bits per heavy atom. The first kappa shape index (κ1) is 18.7. The molecule has 1 unspecified atom stereocenters. The molecule has 0 spiro atoms. The first-order valence-corrected chi connectivity index (χ1v) is 9.73. The second-order valence-electron chi connectivity index (χ2n) is 6.98. The first-order chi connectivity index (χ1) is 13.5. The van der Waals surface area contributed by atoms with Gasteiger partial charge in [0.2, 0.25) is 5.91 Å². The van der Waals surface area contributed by atoms with Gasteiger partial charge in [-0.25, -0.2) is 9.48 Å². The van der Waals surface area contributed by atoms with E-state index in [0.29, 0.717) is 18.7 Å². The molecule has 1 aliphatic rings. The third-order valence-corrected chi connectivity index (χ3v) is 5.69. The van der Waals surface area contributed by atoms with E-state index in [9.17, 15) is 9.59 Å². The highest BCUT2D eigenvalue weighted by Gasteiger charge is 2.26. The standard InChI is InChI=1S/C20H22ClN5O2/c1-15(16-6-2-3-7-17(16)21)23-10-12-24(13-11-23)19(27)14-26-20(28)25-9-5-4-8-18(25)22-26/h2-9,15H,10-14H2,1H3. The highest BCUT2D eigenvalue weighted by atomic mass is 35.5. The summed E-state index contributed by atoms with van der Waals surface area (Å²) in [4.78, 5) is 29.1. The molecule has 0 N–H and O–H groups in total. The summed E-state index contributed by atoms with van der Waals surface area (Å²) >= 11 is 6.32. The fourth-order valence-electron chi connectivity index (χ4n) is 3.67. The van der Waals surface area contributed by atoms with Crippen molar-refractivity contribution in [1.82, 2.24) is 24.0 Å². The van der Waals surface area contributed by atoms with E-state index in [4.69, 9.17) is 11.6 Å². The van der Waals surface area contributed by atoms with Crippen LogP contribution < -0.4 is 5.69 Å². The molecule has 1 aromatic carbocycles. The predicted octanol–water partition coefficient (Wildman–Crippen LogP) is 2.05. The van der Waals surface area contributed by atoms with Gasteiger partial charge in [-0.05, 0) is 30.7 Å². The van der Waals surface area contributed by atoms with Crippen LogP contribution in [0, 0.1) is 0 Å². The molecule has 0 saturated carbocycles. The Labute approximate surface area is 167 Å². The maximum atomic E-state index is 12.7. The van der Waals surface area contributed by atoms with Crippen molar-refractivity contribution in [1.29, 1.82) is 0 Å². The first-order valence-electron chi connectivity index (χ1n) is 9.35. The Balaban J connectivity index is 1.39. The predicted molar refractivity (Wildman–Crippen MR) is 107 cm³/mol. The molecule has 8 heteroatoms. The number of fused-ring (bicyclic) bond motifs is 1. The molecular formula is C20H22ClN5O2. The monoisotopic (exact) mass is 399 g/mol. The van der Waals surface area contributed by atoms with E-state index in [2.05, 4.69) is 16.9 Å². The molecule has 1 amide bonds. The van der Waals surface area contributed by atoms with E-state index in [1.165, 1.54) is 9.08 Å². The molecule has 28 heavy (non-hydrogen) atoms. The van der Waals surface area contributed by atoms with Gasteiger partial charge in [-0.15, -0.1) is 5.10 Å². The number of carbonyl (C=O) groups excluding carboxylic acids is 1. The van der Waals surface area contributed by atoms with Crippen molar-refractivity contribution in [2.75, 3.05) is 26.2 Å². The lowest BCUT2D eigenvalue weighted by Gasteiger charge is -2.38. The topological polar surface area (TPSA) is 62.9 Å². The van der Waals surface area contributed by atoms with Gasteiger partial charge in [0, 0.05) is 43.4 Å². The van der Waals surface area contributed by atoms with Crippen LogP contribution in [0.4, 0.5) is 0 Å². The van der Waals surface area contributed by atoms with Crippen LogP contribution in [-0.4, -0.2) is 56.1 Å². The number of amides is 1. The Kier molecular flexibility index (Phi) is 5.19. The number of rotatable bonds is 4. The molecule has 0 radical (unpaired) electrons. The normalized spacial score (nSPS) is 16.4. The minimum atomic E-state index is -0.296. The number of hydrogen-bond acceptors (Lipinski definition) is 4. The van der Waals surface area contributed by atoms with Crippen LogP contribution in [0.2, 0.25) is 5.02 Å². The number of carbonyl (C=O) groups is 1. The third kappa shape index (κ3) is 3.55. The molecule has 3 aromatic rings. The number of nitrogens with zero attached hydrogens (tertiary/aromatic N) is 5. The third-order valence-electron chi connectivity index (χ3n) is 5.34. The molecule has 1 saturated heterocycles. The molecule has 2 aromatic heterocycles. The van der Waals surface area contributed by atoms with Gasteiger partial charge in [-0.3, -0.25) is 14.1 Å². The van der Waals surface area contributed by atoms with E-state index in [1.807, 2.05) is 30.3 Å². The van der Waals surface area contributed by atoms with Crippen LogP contribution >= 0.6 is 11.6 Å². The average molecular weight is 400 g/mol. The number of pyridine rings is 1. The summed E-state index contributed by atoms with van der Waals surface area (Å²) in [5.74, 6) is -0.0875. The highest BCUT2D eigenvalue weighted by Crippen LogP contribution is 2.27. The zero-order valence-corrected chi connectivity index (χ0v) is 16.4. The highest BCUT2D eigenvalue weighted by molar-refractivity contribution is 6.31. The summed E-state index contributed by atoms with van der Waals surface area (Å²) in [5.41, 5.74) is 1.34. The van der Waals surface area contributed by atoms with Crippen molar-refractivity contribution in [2.45, 2.75) is 19.5 Å². The minimum absolute atomic E-state index is 0.0411. The van der Waals surface area contributed by atoms with Gasteiger partial charge in [-0.1, -0.05) is 35.9 Å². The molecule has 3 heterocycles. The average Bonchev–Trinajstić information content (AvgIpc) is 3.03. The number of hydrogen-bond donors (Lipinski definition) is 0. The lowest BCUT2D eigenvalue weighted by atomic mass is 10.1. The summed E-state index contributed by atoms with van der Waals surface area (Å²) in [7, 11) is 0. The second kappa shape index (κ2) is 7.77. The number of halogens is 1. The van der Waals surface area contributed by atoms with E-state index in [0.717, 1.165) is 23.7 Å². The Hall–Kier alpha value is -2.64. The van der Waals surface area contributed by atoms with Crippen molar-refractivity contribution in [2.24, 2.45) is 0 Å². The van der Waals surface area contributed by atoms with Gasteiger partial charge in [0.1, 0.15) is 6.54 Å². The molecular weight excluding hydrogens is 378 g/mol. The Morgan fingerprint density at radius 1 is 1.11 bits per heavy atom. The summed E-state index contributed by atoms with van der Waals surface area (Å²) in [5, 5.41) is 5.00. The van der Waals surface area contributed by atoms with Crippen molar-refractivity contribution in [3.63, 3.8) is 0 Å². The Morgan fingerprint density at radius 3 is 2.54 bits per heavy atom. The smallest absolute Gasteiger partial charge is 0.339 e. The largest absolute Gasteiger partial charge is 0.350 e. The van der Waals surface area contributed by atoms with E-state index in [-0.39, 0.29) is 24.2 Å². The summed E-state index contributed by atoms with van der Waals surface area (Å²) in [6.07, 6.45) is 1.65. The summed E-state index contributed by atoms with van der Waals surface area (Å²) in [6.45, 7) is 4.86. The van der Waals surface area contributed by atoms with Gasteiger partial charge >= 0.3 is 5.69 Å². The SMILES string of the molecule is CC(c1ccccc1Cl)N1CCN(C(=O)Cn2nc3ccccn3c2=O)CC1.